The van der Waals surface area contributed by atoms with E-state index in [1.807, 2.05) is 13.8 Å². The molecule has 0 aliphatic heterocycles. The van der Waals surface area contributed by atoms with Gasteiger partial charge in [-0.1, -0.05) is 13.8 Å². The van der Waals surface area contributed by atoms with E-state index in [0.29, 0.717) is 24.3 Å². The highest BCUT2D eigenvalue weighted by atomic mass is 16.5. The van der Waals surface area contributed by atoms with Gasteiger partial charge in [0.1, 0.15) is 17.3 Å². The summed E-state index contributed by atoms with van der Waals surface area (Å²) in [5, 5.41) is 21.1. The molecular formula is C20H26O5. The van der Waals surface area contributed by atoms with Gasteiger partial charge in [-0.25, -0.2) is 0 Å². The molecule has 4 rings (SSSR count). The highest BCUT2D eigenvalue weighted by molar-refractivity contribution is 5.85. The van der Waals surface area contributed by atoms with Crippen LogP contribution < -0.4 is 0 Å². The van der Waals surface area contributed by atoms with Gasteiger partial charge in [0, 0.05) is 30.2 Å². The third kappa shape index (κ3) is 3.24. The van der Waals surface area contributed by atoms with Gasteiger partial charge in [0.25, 0.3) is 0 Å². The molecule has 25 heavy (non-hydrogen) atoms. The lowest BCUT2D eigenvalue weighted by atomic mass is 9.57. The molecule has 0 spiro atoms. The second-order valence-electron chi connectivity index (χ2n) is 8.09. The van der Waals surface area contributed by atoms with Gasteiger partial charge in [-0.05, 0) is 48.3 Å². The average molecular weight is 346 g/mol. The number of carbonyl (C=O) groups is 2. The van der Waals surface area contributed by atoms with E-state index in [2.05, 4.69) is 4.74 Å². The van der Waals surface area contributed by atoms with Crippen molar-refractivity contribution in [1.82, 2.24) is 0 Å². The smallest absolute Gasteiger partial charge is 0.305 e. The van der Waals surface area contributed by atoms with Crippen molar-refractivity contribution in [2.75, 3.05) is 7.11 Å². The summed E-state index contributed by atoms with van der Waals surface area (Å²) in [5.74, 6) is 0.533. The Morgan fingerprint density at radius 2 is 1.84 bits per heavy atom. The van der Waals surface area contributed by atoms with Gasteiger partial charge in [0.15, 0.2) is 0 Å². The topological polar surface area (TPSA) is 83.8 Å². The van der Waals surface area contributed by atoms with Gasteiger partial charge >= 0.3 is 5.97 Å². The molecule has 3 saturated carbocycles. The van der Waals surface area contributed by atoms with Crippen LogP contribution in [-0.2, 0) is 19.7 Å². The van der Waals surface area contributed by atoms with Crippen molar-refractivity contribution in [3.8, 4) is 11.5 Å². The van der Waals surface area contributed by atoms with Crippen molar-refractivity contribution in [3.05, 3.63) is 23.3 Å². The molecule has 0 heterocycles. The minimum Gasteiger partial charge on any atom is -0.508 e. The van der Waals surface area contributed by atoms with Crippen LogP contribution in [0.2, 0.25) is 0 Å². The lowest BCUT2D eigenvalue weighted by Gasteiger charge is -2.45. The molecule has 2 N–H and O–H groups in total. The normalized spacial score (nSPS) is 25.4. The van der Waals surface area contributed by atoms with Crippen molar-refractivity contribution >= 4 is 11.8 Å². The van der Waals surface area contributed by atoms with Crippen LogP contribution in [-0.4, -0.2) is 29.1 Å². The Labute approximate surface area is 148 Å². The Hall–Kier alpha value is -2.04. The van der Waals surface area contributed by atoms with Crippen LogP contribution in [0.15, 0.2) is 12.1 Å². The molecule has 0 aromatic heterocycles. The van der Waals surface area contributed by atoms with Crippen molar-refractivity contribution in [1.29, 1.82) is 0 Å². The first kappa shape index (κ1) is 17.8. The maximum Gasteiger partial charge on any atom is 0.305 e. The molecule has 136 valence electrons. The third-order valence-corrected chi connectivity index (χ3v) is 6.09. The fourth-order valence-corrected chi connectivity index (χ4v) is 4.20. The molecular weight excluding hydrogens is 320 g/mol. The Bertz CT molecular complexity index is 677. The fourth-order valence-electron chi connectivity index (χ4n) is 4.20. The molecule has 0 unspecified atom stereocenters. The Kier molecular flexibility index (Phi) is 4.52. The summed E-state index contributed by atoms with van der Waals surface area (Å²) in [6, 6.07) is 3.34. The van der Waals surface area contributed by atoms with E-state index in [0.717, 1.165) is 18.4 Å². The highest BCUT2D eigenvalue weighted by Gasteiger charge is 2.47. The van der Waals surface area contributed by atoms with Gasteiger partial charge < -0.3 is 14.9 Å². The zero-order valence-corrected chi connectivity index (χ0v) is 15.0. The Balaban J connectivity index is 1.85. The molecule has 0 radical (unpaired) electrons. The first-order valence-corrected chi connectivity index (χ1v) is 8.89. The molecule has 3 aliphatic rings. The number of phenols is 2. The number of esters is 1. The number of hydrogen-bond donors (Lipinski definition) is 2. The zero-order valence-electron chi connectivity index (χ0n) is 15.0. The molecule has 5 heteroatoms. The molecule has 2 bridgehead atoms. The van der Waals surface area contributed by atoms with Crippen molar-refractivity contribution < 1.29 is 24.5 Å². The number of benzene rings is 1. The van der Waals surface area contributed by atoms with Crippen LogP contribution >= 0.6 is 0 Å². The Morgan fingerprint density at radius 1 is 1.24 bits per heavy atom. The number of hydrogen-bond acceptors (Lipinski definition) is 5. The minimum absolute atomic E-state index is 0.0456. The number of methoxy groups -OCH3 is 1. The molecule has 5 nitrogen and oxygen atoms in total. The van der Waals surface area contributed by atoms with E-state index in [1.54, 1.807) is 12.1 Å². The number of ketones is 1. The lowest BCUT2D eigenvalue weighted by molar-refractivity contribution is -0.141. The number of aromatic hydroxyl groups is 2. The van der Waals surface area contributed by atoms with Crippen LogP contribution in [0.4, 0.5) is 0 Å². The molecule has 1 aromatic carbocycles. The molecule has 1 aromatic rings. The van der Waals surface area contributed by atoms with Crippen LogP contribution in [0.3, 0.4) is 0 Å². The number of phenolic OH excluding ortho intramolecular Hbond substituents is 2. The SMILES string of the molecule is COC(=O)CCC(C)(C)c1cc(O)c([C@@H]2CC(=O)[C@H]3C[C@@H]2C3)c(O)c1. The summed E-state index contributed by atoms with van der Waals surface area (Å²) < 4.78 is 4.68. The van der Waals surface area contributed by atoms with Crippen molar-refractivity contribution in [2.24, 2.45) is 11.8 Å². The van der Waals surface area contributed by atoms with Gasteiger partial charge in [-0.3, -0.25) is 9.59 Å². The molecule has 3 aliphatic carbocycles. The van der Waals surface area contributed by atoms with E-state index < -0.39 is 5.41 Å². The molecule has 0 saturated heterocycles. The first-order valence-electron chi connectivity index (χ1n) is 8.89. The fraction of sp³-hybridized carbons (Fsp3) is 0.600. The maximum atomic E-state index is 12.0. The second-order valence-corrected chi connectivity index (χ2v) is 8.09. The van der Waals surface area contributed by atoms with E-state index in [4.69, 9.17) is 0 Å². The summed E-state index contributed by atoms with van der Waals surface area (Å²) in [6.07, 6.45) is 2.96. The summed E-state index contributed by atoms with van der Waals surface area (Å²) in [7, 11) is 1.36. The number of carbonyl (C=O) groups excluding carboxylic acids is 2. The second kappa shape index (κ2) is 6.36. The van der Waals surface area contributed by atoms with Gasteiger partial charge in [0.2, 0.25) is 0 Å². The van der Waals surface area contributed by atoms with Crippen LogP contribution in [0.5, 0.6) is 11.5 Å². The van der Waals surface area contributed by atoms with E-state index >= 15 is 0 Å². The van der Waals surface area contributed by atoms with Crippen molar-refractivity contribution in [3.63, 3.8) is 0 Å². The van der Waals surface area contributed by atoms with Crippen LogP contribution in [0, 0.1) is 11.8 Å². The van der Waals surface area contributed by atoms with E-state index in [9.17, 15) is 19.8 Å². The quantitative estimate of drug-likeness (QED) is 0.798. The number of fused-ring (bicyclic) bond motifs is 2. The monoisotopic (exact) mass is 346 g/mol. The molecule has 3 fully saturated rings. The minimum atomic E-state index is -0.397. The first-order chi connectivity index (χ1) is 11.7. The standard InChI is InChI=1S/C20H26O5/c1-20(2,5-4-18(24)25-3)13-8-16(22)19(17(23)9-13)14-10-15(21)12-6-11(14)7-12/h8-9,11-12,14,22-23H,4-7,10H2,1-3H3/t11-,12+,14-/m1/s1. The maximum absolute atomic E-state index is 12.0. The number of ether oxygens (including phenoxy) is 1. The van der Waals surface area contributed by atoms with Gasteiger partial charge in [-0.2, -0.15) is 0 Å². The third-order valence-electron chi connectivity index (χ3n) is 6.09. The number of Topliss-reactive ketones (excluding diaryl/α,β-unsaturated/α-hetero) is 1. The highest BCUT2D eigenvalue weighted by Crippen LogP contribution is 2.55. The summed E-state index contributed by atoms with van der Waals surface area (Å²) in [5.41, 5.74) is 0.874. The lowest BCUT2D eigenvalue weighted by Crippen LogP contribution is -2.41. The van der Waals surface area contributed by atoms with E-state index in [-0.39, 0.29) is 41.5 Å². The van der Waals surface area contributed by atoms with E-state index in [1.165, 1.54) is 7.11 Å². The van der Waals surface area contributed by atoms with Crippen molar-refractivity contribution in [2.45, 2.75) is 57.3 Å². The van der Waals surface area contributed by atoms with Gasteiger partial charge in [-0.15, -0.1) is 0 Å². The zero-order chi connectivity index (χ0) is 18.4. The molecule has 0 amide bonds. The number of rotatable bonds is 5. The Morgan fingerprint density at radius 3 is 2.36 bits per heavy atom. The van der Waals surface area contributed by atoms with Gasteiger partial charge in [0.05, 0.1) is 7.11 Å². The van der Waals surface area contributed by atoms with Crippen LogP contribution in [0.25, 0.3) is 0 Å². The predicted octanol–water partition coefficient (Wildman–Crippen LogP) is 3.41. The average Bonchev–Trinajstić information content (AvgIpc) is 2.50. The van der Waals surface area contributed by atoms with Crippen LogP contribution in [0.1, 0.15) is 63.0 Å². The summed E-state index contributed by atoms with van der Waals surface area (Å²) in [6.45, 7) is 3.93. The predicted molar refractivity (Wildman–Crippen MR) is 92.6 cm³/mol. The summed E-state index contributed by atoms with van der Waals surface area (Å²) in [4.78, 5) is 23.4. The molecule has 1 atom stereocenters. The largest absolute Gasteiger partial charge is 0.508 e. The summed E-state index contributed by atoms with van der Waals surface area (Å²) >= 11 is 0.